The van der Waals surface area contributed by atoms with Crippen molar-refractivity contribution >= 4 is 11.9 Å². The number of carbonyl (C=O) groups is 2. The molecule has 4 nitrogen and oxygen atoms in total. The molecule has 0 radical (unpaired) electrons. The van der Waals surface area contributed by atoms with Crippen LogP contribution in [0.25, 0.3) is 0 Å². The Hall–Kier alpha value is -2.69. The normalized spacial score (nSPS) is 10.1. The second kappa shape index (κ2) is 8.68. The molecular weight excluding hydrogens is 299 g/mol. The minimum absolute atomic E-state index is 0.0665. The quantitative estimate of drug-likeness (QED) is 0.581. The van der Waals surface area contributed by atoms with Crippen LogP contribution in [-0.2, 0) is 20.7 Å². The van der Waals surface area contributed by atoms with Crippen LogP contribution < -0.4 is 4.74 Å². The molecule has 0 unspecified atom stereocenters. The summed E-state index contributed by atoms with van der Waals surface area (Å²) in [5.41, 5.74) is 1.07. The first kappa shape index (κ1) is 16.7. The van der Waals surface area contributed by atoms with Gasteiger partial charge in [0.15, 0.2) is 0 Å². The Labute approximate surface area is 133 Å². The summed E-state index contributed by atoms with van der Waals surface area (Å²) in [6.45, 7) is 0.266. The van der Waals surface area contributed by atoms with Gasteiger partial charge in [-0.15, -0.1) is 0 Å². The first-order valence-electron chi connectivity index (χ1n) is 7.29. The van der Waals surface area contributed by atoms with E-state index in [0.717, 1.165) is 11.6 Å². The molecule has 0 bridgehead atoms. The van der Waals surface area contributed by atoms with Crippen LogP contribution in [0.4, 0.5) is 4.39 Å². The lowest BCUT2D eigenvalue weighted by Crippen LogP contribution is -2.13. The number of ether oxygens (including phenoxy) is 2. The molecule has 0 saturated heterocycles. The predicted molar refractivity (Wildman–Crippen MR) is 82.4 cm³/mol. The van der Waals surface area contributed by atoms with Crippen molar-refractivity contribution in [3.63, 3.8) is 0 Å². The first-order valence-corrected chi connectivity index (χ1v) is 7.29. The van der Waals surface area contributed by atoms with Gasteiger partial charge in [0.25, 0.3) is 0 Å². The van der Waals surface area contributed by atoms with Crippen molar-refractivity contribution in [3.8, 4) is 5.75 Å². The standard InChI is InChI=1S/C18H17FO4/c19-15-7-4-8-16(13-15)23-18(21)10-9-17(20)22-12-11-14-5-2-1-3-6-14/h1-8,13H,9-12H2. The smallest absolute Gasteiger partial charge is 0.311 e. The van der Waals surface area contributed by atoms with E-state index in [-0.39, 0.29) is 25.2 Å². The van der Waals surface area contributed by atoms with Crippen molar-refractivity contribution in [3.05, 3.63) is 66.0 Å². The molecule has 0 heterocycles. The highest BCUT2D eigenvalue weighted by molar-refractivity contribution is 5.79. The van der Waals surface area contributed by atoms with Gasteiger partial charge in [-0.3, -0.25) is 9.59 Å². The highest BCUT2D eigenvalue weighted by Gasteiger charge is 2.10. The Morgan fingerprint density at radius 2 is 1.65 bits per heavy atom. The van der Waals surface area contributed by atoms with E-state index in [9.17, 15) is 14.0 Å². The Morgan fingerprint density at radius 3 is 2.39 bits per heavy atom. The van der Waals surface area contributed by atoms with E-state index in [1.54, 1.807) is 0 Å². The Morgan fingerprint density at radius 1 is 0.913 bits per heavy atom. The number of rotatable bonds is 7. The molecule has 2 aromatic carbocycles. The monoisotopic (exact) mass is 316 g/mol. The lowest BCUT2D eigenvalue weighted by molar-refractivity contribution is -0.146. The van der Waals surface area contributed by atoms with Crippen LogP contribution in [0.5, 0.6) is 5.75 Å². The van der Waals surface area contributed by atoms with Crippen molar-refractivity contribution in [1.29, 1.82) is 0 Å². The molecule has 0 saturated carbocycles. The minimum Gasteiger partial charge on any atom is -0.465 e. The zero-order valence-corrected chi connectivity index (χ0v) is 12.5. The first-order chi connectivity index (χ1) is 11.1. The van der Waals surface area contributed by atoms with E-state index in [1.807, 2.05) is 30.3 Å². The third-order valence-corrected chi connectivity index (χ3v) is 3.06. The molecule has 0 amide bonds. The summed E-state index contributed by atoms with van der Waals surface area (Å²) < 4.78 is 22.9. The lowest BCUT2D eigenvalue weighted by Gasteiger charge is -2.06. The predicted octanol–water partition coefficient (Wildman–Crippen LogP) is 3.30. The number of carbonyl (C=O) groups excluding carboxylic acids is 2. The van der Waals surface area contributed by atoms with E-state index in [2.05, 4.69) is 0 Å². The molecule has 0 aromatic heterocycles. The van der Waals surface area contributed by atoms with Gasteiger partial charge >= 0.3 is 11.9 Å². The summed E-state index contributed by atoms with van der Waals surface area (Å²) in [6.07, 6.45) is 0.448. The number of hydrogen-bond donors (Lipinski definition) is 0. The number of benzene rings is 2. The lowest BCUT2D eigenvalue weighted by atomic mass is 10.2. The van der Waals surface area contributed by atoms with E-state index in [4.69, 9.17) is 9.47 Å². The summed E-state index contributed by atoms with van der Waals surface area (Å²) in [5, 5.41) is 0. The summed E-state index contributed by atoms with van der Waals surface area (Å²) in [5.74, 6) is -1.43. The van der Waals surface area contributed by atoms with Crippen LogP contribution >= 0.6 is 0 Å². The molecule has 2 aromatic rings. The van der Waals surface area contributed by atoms with Gasteiger partial charge in [-0.05, 0) is 17.7 Å². The van der Waals surface area contributed by atoms with Gasteiger partial charge in [-0.1, -0.05) is 36.4 Å². The fourth-order valence-electron chi connectivity index (χ4n) is 1.92. The molecule has 0 N–H and O–H groups in total. The van der Waals surface area contributed by atoms with E-state index < -0.39 is 17.8 Å². The number of halogens is 1. The molecular formula is C18H17FO4. The molecule has 23 heavy (non-hydrogen) atoms. The molecule has 0 aliphatic rings. The van der Waals surface area contributed by atoms with Crippen molar-refractivity contribution in [2.24, 2.45) is 0 Å². The fourth-order valence-corrected chi connectivity index (χ4v) is 1.92. The molecule has 5 heteroatoms. The third kappa shape index (κ3) is 6.30. The van der Waals surface area contributed by atoms with Crippen molar-refractivity contribution < 1.29 is 23.5 Å². The van der Waals surface area contributed by atoms with Gasteiger partial charge in [0.1, 0.15) is 11.6 Å². The van der Waals surface area contributed by atoms with Crippen molar-refractivity contribution in [2.75, 3.05) is 6.61 Å². The van der Waals surface area contributed by atoms with Crippen LogP contribution in [0.3, 0.4) is 0 Å². The van der Waals surface area contributed by atoms with Gasteiger partial charge < -0.3 is 9.47 Å². The van der Waals surface area contributed by atoms with Gasteiger partial charge in [0, 0.05) is 12.5 Å². The largest absolute Gasteiger partial charge is 0.465 e. The Kier molecular flexibility index (Phi) is 6.29. The second-order valence-corrected chi connectivity index (χ2v) is 4.89. The SMILES string of the molecule is O=C(CCC(=O)Oc1cccc(F)c1)OCCc1ccccc1. The van der Waals surface area contributed by atoms with Gasteiger partial charge in [0.05, 0.1) is 19.4 Å². The van der Waals surface area contributed by atoms with E-state index in [0.29, 0.717) is 6.42 Å². The number of esters is 2. The molecule has 0 atom stereocenters. The van der Waals surface area contributed by atoms with Gasteiger partial charge in [-0.2, -0.15) is 0 Å². The molecule has 0 fully saturated rings. The number of hydrogen-bond acceptors (Lipinski definition) is 4. The molecule has 0 aliphatic heterocycles. The zero-order chi connectivity index (χ0) is 16.5. The average Bonchev–Trinajstić information content (AvgIpc) is 2.54. The maximum Gasteiger partial charge on any atom is 0.311 e. The van der Waals surface area contributed by atoms with Crippen LogP contribution in [0.1, 0.15) is 18.4 Å². The van der Waals surface area contributed by atoms with Crippen molar-refractivity contribution in [2.45, 2.75) is 19.3 Å². The summed E-state index contributed by atoms with van der Waals surface area (Å²) >= 11 is 0. The second-order valence-electron chi connectivity index (χ2n) is 4.89. The summed E-state index contributed by atoms with van der Waals surface area (Å²) in [6, 6.07) is 14.9. The van der Waals surface area contributed by atoms with E-state index >= 15 is 0 Å². The maximum absolute atomic E-state index is 12.9. The third-order valence-electron chi connectivity index (χ3n) is 3.06. The average molecular weight is 316 g/mol. The molecule has 0 spiro atoms. The fraction of sp³-hybridized carbons (Fsp3) is 0.222. The Bertz CT molecular complexity index is 655. The van der Waals surface area contributed by atoms with E-state index in [1.165, 1.54) is 18.2 Å². The van der Waals surface area contributed by atoms with Crippen molar-refractivity contribution in [1.82, 2.24) is 0 Å². The zero-order valence-electron chi connectivity index (χ0n) is 12.5. The van der Waals surface area contributed by atoms with Gasteiger partial charge in [0.2, 0.25) is 0 Å². The highest BCUT2D eigenvalue weighted by Crippen LogP contribution is 2.13. The van der Waals surface area contributed by atoms with Crippen LogP contribution in [0.15, 0.2) is 54.6 Å². The van der Waals surface area contributed by atoms with Crippen LogP contribution in [0, 0.1) is 5.82 Å². The molecule has 2 rings (SSSR count). The summed E-state index contributed by atoms with van der Waals surface area (Å²) in [7, 11) is 0. The van der Waals surface area contributed by atoms with Crippen LogP contribution in [-0.4, -0.2) is 18.5 Å². The topological polar surface area (TPSA) is 52.6 Å². The summed E-state index contributed by atoms with van der Waals surface area (Å²) in [4.78, 5) is 23.1. The molecule has 0 aliphatic carbocycles. The Balaban J connectivity index is 1.65. The maximum atomic E-state index is 12.9. The highest BCUT2D eigenvalue weighted by atomic mass is 19.1. The minimum atomic E-state index is -0.601. The van der Waals surface area contributed by atoms with Crippen LogP contribution in [0.2, 0.25) is 0 Å². The van der Waals surface area contributed by atoms with Gasteiger partial charge in [-0.25, -0.2) is 4.39 Å². The molecule has 120 valence electrons.